The van der Waals surface area contributed by atoms with Crippen molar-refractivity contribution in [1.82, 2.24) is 5.32 Å². The van der Waals surface area contributed by atoms with Crippen LogP contribution in [0.15, 0.2) is 42.5 Å². The van der Waals surface area contributed by atoms with Crippen LogP contribution in [0.5, 0.6) is 0 Å². The number of halogens is 3. The smallest absolute Gasteiger partial charge is 0.224 e. The van der Waals surface area contributed by atoms with E-state index < -0.39 is 17.7 Å². The van der Waals surface area contributed by atoms with Gasteiger partial charge in [-0.05, 0) is 30.7 Å². The Morgan fingerprint density at radius 1 is 1.19 bits per heavy atom. The maximum atomic E-state index is 13.6. The fourth-order valence-corrected chi connectivity index (χ4v) is 2.14. The monoisotopic (exact) mass is 309 g/mol. The molecule has 2 rings (SSSR count). The number of amides is 1. The number of carbonyl (C=O) groups is 1. The molecule has 0 saturated heterocycles. The summed E-state index contributed by atoms with van der Waals surface area (Å²) >= 11 is 5.77. The summed E-state index contributed by atoms with van der Waals surface area (Å²) in [5, 5.41) is 3.28. The van der Waals surface area contributed by atoms with Crippen molar-refractivity contribution in [2.24, 2.45) is 0 Å². The van der Waals surface area contributed by atoms with E-state index in [1.54, 1.807) is 31.2 Å². The number of carbonyl (C=O) groups excluding carboxylic acids is 1. The summed E-state index contributed by atoms with van der Waals surface area (Å²) in [6.07, 6.45) is 0.171. The summed E-state index contributed by atoms with van der Waals surface area (Å²) in [6.45, 7) is 1.65. The molecule has 2 aromatic carbocycles. The summed E-state index contributed by atoms with van der Waals surface area (Å²) in [6, 6.07) is 9.68. The molecule has 0 saturated carbocycles. The number of hydrogen-bond acceptors (Lipinski definition) is 1. The van der Waals surface area contributed by atoms with Crippen molar-refractivity contribution in [2.75, 3.05) is 0 Å². The van der Waals surface area contributed by atoms with Crippen LogP contribution in [-0.4, -0.2) is 5.91 Å². The molecule has 0 bridgehead atoms. The lowest BCUT2D eigenvalue weighted by Gasteiger charge is -2.15. The first-order valence-corrected chi connectivity index (χ1v) is 6.82. The van der Waals surface area contributed by atoms with Gasteiger partial charge in [-0.1, -0.05) is 29.8 Å². The molecule has 110 valence electrons. The molecule has 1 N–H and O–H groups in total. The van der Waals surface area contributed by atoms with E-state index >= 15 is 0 Å². The second-order valence-corrected chi connectivity index (χ2v) is 5.19. The molecule has 0 aliphatic heterocycles. The second kappa shape index (κ2) is 6.68. The topological polar surface area (TPSA) is 29.1 Å². The lowest BCUT2D eigenvalue weighted by molar-refractivity contribution is -0.121. The van der Waals surface area contributed by atoms with Crippen molar-refractivity contribution in [2.45, 2.75) is 19.4 Å². The molecular weight excluding hydrogens is 296 g/mol. The quantitative estimate of drug-likeness (QED) is 0.907. The van der Waals surface area contributed by atoms with Gasteiger partial charge in [0.1, 0.15) is 11.6 Å². The van der Waals surface area contributed by atoms with E-state index in [0.29, 0.717) is 5.02 Å². The summed E-state index contributed by atoms with van der Waals surface area (Å²) in [5.41, 5.74) is 1.06. The Morgan fingerprint density at radius 3 is 2.48 bits per heavy atom. The van der Waals surface area contributed by atoms with Crippen molar-refractivity contribution in [1.29, 1.82) is 0 Å². The predicted octanol–water partition coefficient (Wildman–Crippen LogP) is 4.04. The third kappa shape index (κ3) is 4.26. The molecule has 0 radical (unpaired) electrons. The van der Waals surface area contributed by atoms with Gasteiger partial charge in [-0.25, -0.2) is 8.78 Å². The minimum absolute atomic E-state index is 0.171. The largest absolute Gasteiger partial charge is 0.349 e. The first kappa shape index (κ1) is 15.4. The second-order valence-electron chi connectivity index (χ2n) is 4.76. The van der Waals surface area contributed by atoms with Gasteiger partial charge in [0.15, 0.2) is 0 Å². The summed E-state index contributed by atoms with van der Waals surface area (Å²) in [4.78, 5) is 11.9. The molecule has 0 aromatic heterocycles. The van der Waals surface area contributed by atoms with Gasteiger partial charge in [-0.2, -0.15) is 0 Å². The molecular formula is C16H14ClF2NO. The fourth-order valence-electron chi connectivity index (χ4n) is 2.01. The highest BCUT2D eigenvalue weighted by molar-refractivity contribution is 6.30. The van der Waals surface area contributed by atoms with Crippen LogP contribution in [0.2, 0.25) is 5.02 Å². The van der Waals surface area contributed by atoms with Gasteiger partial charge < -0.3 is 5.32 Å². The van der Waals surface area contributed by atoms with Crippen LogP contribution in [0.1, 0.15) is 24.1 Å². The normalized spacial score (nSPS) is 12.0. The highest BCUT2D eigenvalue weighted by atomic mass is 35.5. The van der Waals surface area contributed by atoms with Crippen molar-refractivity contribution in [3.8, 4) is 0 Å². The van der Waals surface area contributed by atoms with Gasteiger partial charge in [-0.15, -0.1) is 0 Å². The van der Waals surface area contributed by atoms with E-state index in [2.05, 4.69) is 5.32 Å². The first-order chi connectivity index (χ1) is 9.95. The number of nitrogens with one attached hydrogen (secondary N) is 1. The number of rotatable bonds is 4. The van der Waals surface area contributed by atoms with Crippen LogP contribution >= 0.6 is 11.6 Å². The van der Waals surface area contributed by atoms with E-state index in [9.17, 15) is 13.6 Å². The standard InChI is InChI=1S/C16H14ClF2NO/c1-10(14-7-6-13(18)9-15(14)19)20-16(21)8-11-2-4-12(17)5-3-11/h2-7,9-10H,8H2,1H3,(H,20,21). The summed E-state index contributed by atoms with van der Waals surface area (Å²) in [7, 11) is 0. The molecule has 1 atom stereocenters. The summed E-state index contributed by atoms with van der Waals surface area (Å²) in [5.74, 6) is -1.56. The van der Waals surface area contributed by atoms with Crippen molar-refractivity contribution in [3.05, 3.63) is 70.2 Å². The van der Waals surface area contributed by atoms with Gasteiger partial charge in [0.25, 0.3) is 0 Å². The highest BCUT2D eigenvalue weighted by Gasteiger charge is 2.14. The molecule has 1 amide bonds. The molecule has 5 heteroatoms. The zero-order valence-corrected chi connectivity index (χ0v) is 12.1. The molecule has 0 aliphatic carbocycles. The lowest BCUT2D eigenvalue weighted by atomic mass is 10.1. The maximum Gasteiger partial charge on any atom is 0.224 e. The Balaban J connectivity index is 2.00. The van der Waals surface area contributed by atoms with Crippen LogP contribution in [0.3, 0.4) is 0 Å². The summed E-state index contributed by atoms with van der Waals surface area (Å²) < 4.78 is 26.5. The lowest BCUT2D eigenvalue weighted by Crippen LogP contribution is -2.28. The molecule has 0 spiro atoms. The van der Waals surface area contributed by atoms with Gasteiger partial charge in [0.2, 0.25) is 5.91 Å². The third-order valence-electron chi connectivity index (χ3n) is 3.08. The van der Waals surface area contributed by atoms with Crippen LogP contribution in [0.4, 0.5) is 8.78 Å². The Kier molecular flexibility index (Phi) is 4.91. The van der Waals surface area contributed by atoms with Gasteiger partial charge in [0.05, 0.1) is 12.5 Å². The maximum absolute atomic E-state index is 13.6. The van der Waals surface area contributed by atoms with Crippen LogP contribution in [-0.2, 0) is 11.2 Å². The Morgan fingerprint density at radius 2 is 1.86 bits per heavy atom. The minimum atomic E-state index is -0.672. The van der Waals surface area contributed by atoms with E-state index in [1.165, 1.54) is 12.1 Å². The van der Waals surface area contributed by atoms with Crippen LogP contribution in [0.25, 0.3) is 0 Å². The number of benzene rings is 2. The van der Waals surface area contributed by atoms with Gasteiger partial charge >= 0.3 is 0 Å². The van der Waals surface area contributed by atoms with E-state index in [-0.39, 0.29) is 17.9 Å². The van der Waals surface area contributed by atoms with E-state index in [1.807, 2.05) is 0 Å². The Labute approximate surface area is 126 Å². The SMILES string of the molecule is CC(NC(=O)Cc1ccc(Cl)cc1)c1ccc(F)cc1F. The van der Waals surface area contributed by atoms with E-state index in [4.69, 9.17) is 11.6 Å². The average molecular weight is 310 g/mol. The zero-order valence-electron chi connectivity index (χ0n) is 11.4. The molecule has 0 fully saturated rings. The molecule has 1 unspecified atom stereocenters. The van der Waals surface area contributed by atoms with E-state index in [0.717, 1.165) is 11.6 Å². The van der Waals surface area contributed by atoms with Crippen molar-refractivity contribution in [3.63, 3.8) is 0 Å². The molecule has 21 heavy (non-hydrogen) atoms. The van der Waals surface area contributed by atoms with Crippen molar-refractivity contribution >= 4 is 17.5 Å². The molecule has 0 aliphatic rings. The number of hydrogen-bond donors (Lipinski definition) is 1. The van der Waals surface area contributed by atoms with Gasteiger partial charge in [-0.3, -0.25) is 4.79 Å². The molecule has 0 heterocycles. The predicted molar refractivity (Wildman–Crippen MR) is 78.1 cm³/mol. The Hall–Kier alpha value is -1.94. The average Bonchev–Trinajstić information content (AvgIpc) is 2.41. The van der Waals surface area contributed by atoms with Crippen LogP contribution < -0.4 is 5.32 Å². The zero-order chi connectivity index (χ0) is 15.4. The molecule has 2 nitrogen and oxygen atoms in total. The minimum Gasteiger partial charge on any atom is -0.349 e. The highest BCUT2D eigenvalue weighted by Crippen LogP contribution is 2.18. The Bertz CT molecular complexity index is 643. The van der Waals surface area contributed by atoms with Crippen LogP contribution in [0, 0.1) is 11.6 Å². The molecule has 2 aromatic rings. The third-order valence-corrected chi connectivity index (χ3v) is 3.34. The van der Waals surface area contributed by atoms with Gasteiger partial charge in [0, 0.05) is 16.7 Å². The first-order valence-electron chi connectivity index (χ1n) is 6.44. The fraction of sp³-hybridized carbons (Fsp3) is 0.188. The van der Waals surface area contributed by atoms with Crippen molar-refractivity contribution < 1.29 is 13.6 Å².